The van der Waals surface area contributed by atoms with Gasteiger partial charge in [0.1, 0.15) is 0 Å². The van der Waals surface area contributed by atoms with Crippen molar-refractivity contribution in [2.24, 2.45) is 5.92 Å². The van der Waals surface area contributed by atoms with Gasteiger partial charge in [0.05, 0.1) is 5.75 Å². The zero-order valence-corrected chi connectivity index (χ0v) is 11.5. The third-order valence-electron chi connectivity index (χ3n) is 4.27. The second-order valence-corrected chi connectivity index (χ2v) is 7.55. The molecule has 0 aromatic heterocycles. The van der Waals surface area contributed by atoms with Crippen molar-refractivity contribution in [2.75, 3.05) is 25.9 Å². The average Bonchev–Trinajstić information content (AvgIpc) is 2.27. The summed E-state index contributed by atoms with van der Waals surface area (Å²) < 4.78 is 26.0. The molecule has 0 amide bonds. The zero-order valence-electron chi connectivity index (χ0n) is 10.7. The standard InChI is InChI=1S/C12H24N2O2S/c1-14(12-5-8-13-9-6-12)17(15,16)10-7-11-3-2-4-11/h11-13H,2-10H2,1H3. The molecule has 1 saturated carbocycles. The van der Waals surface area contributed by atoms with Gasteiger partial charge in [-0.1, -0.05) is 19.3 Å². The van der Waals surface area contributed by atoms with Crippen molar-refractivity contribution in [1.29, 1.82) is 0 Å². The van der Waals surface area contributed by atoms with E-state index in [2.05, 4.69) is 5.32 Å². The predicted molar refractivity (Wildman–Crippen MR) is 69.4 cm³/mol. The maximum Gasteiger partial charge on any atom is 0.214 e. The smallest absolute Gasteiger partial charge is 0.214 e. The van der Waals surface area contributed by atoms with Crippen molar-refractivity contribution in [1.82, 2.24) is 9.62 Å². The number of piperidine rings is 1. The lowest BCUT2D eigenvalue weighted by molar-refractivity contribution is 0.286. The Balaban J connectivity index is 1.84. The van der Waals surface area contributed by atoms with Crippen molar-refractivity contribution in [2.45, 2.75) is 44.6 Å². The molecule has 0 bridgehead atoms. The highest BCUT2D eigenvalue weighted by Gasteiger charge is 2.28. The van der Waals surface area contributed by atoms with E-state index < -0.39 is 10.0 Å². The molecule has 0 aromatic rings. The van der Waals surface area contributed by atoms with Crippen molar-refractivity contribution in [3.05, 3.63) is 0 Å². The van der Waals surface area contributed by atoms with Gasteiger partial charge in [-0.2, -0.15) is 0 Å². The van der Waals surface area contributed by atoms with Crippen LogP contribution >= 0.6 is 0 Å². The number of sulfonamides is 1. The van der Waals surface area contributed by atoms with E-state index >= 15 is 0 Å². The van der Waals surface area contributed by atoms with Crippen LogP contribution in [0.3, 0.4) is 0 Å². The Kier molecular flexibility index (Phi) is 4.44. The van der Waals surface area contributed by atoms with E-state index in [4.69, 9.17) is 0 Å². The maximum atomic E-state index is 12.2. The summed E-state index contributed by atoms with van der Waals surface area (Å²) in [6.45, 7) is 1.88. The molecule has 2 aliphatic rings. The molecule has 1 aliphatic carbocycles. The van der Waals surface area contributed by atoms with Crippen molar-refractivity contribution in [3.63, 3.8) is 0 Å². The van der Waals surface area contributed by atoms with Crippen LogP contribution < -0.4 is 5.32 Å². The molecule has 1 heterocycles. The van der Waals surface area contributed by atoms with Crippen LogP contribution in [0.1, 0.15) is 38.5 Å². The molecule has 0 radical (unpaired) electrons. The molecule has 0 aromatic carbocycles. The lowest BCUT2D eigenvalue weighted by Crippen LogP contribution is -2.44. The highest BCUT2D eigenvalue weighted by Crippen LogP contribution is 2.30. The Bertz CT molecular complexity index is 332. The maximum absolute atomic E-state index is 12.2. The van der Waals surface area contributed by atoms with Gasteiger partial charge in [-0.3, -0.25) is 0 Å². The number of rotatable bonds is 5. The third-order valence-corrected chi connectivity index (χ3v) is 6.20. The van der Waals surface area contributed by atoms with E-state index in [0.717, 1.165) is 32.4 Å². The molecular weight excluding hydrogens is 236 g/mol. The van der Waals surface area contributed by atoms with Crippen molar-refractivity contribution in [3.8, 4) is 0 Å². The zero-order chi connectivity index (χ0) is 12.3. The molecule has 100 valence electrons. The van der Waals surface area contributed by atoms with Crippen LogP contribution in [0, 0.1) is 5.92 Å². The second kappa shape index (κ2) is 5.67. The summed E-state index contributed by atoms with van der Waals surface area (Å²) in [5.41, 5.74) is 0. The fourth-order valence-electron chi connectivity index (χ4n) is 2.64. The summed E-state index contributed by atoms with van der Waals surface area (Å²) in [4.78, 5) is 0. The largest absolute Gasteiger partial charge is 0.317 e. The molecular formula is C12H24N2O2S. The quantitative estimate of drug-likeness (QED) is 0.808. The van der Waals surface area contributed by atoms with Gasteiger partial charge in [0, 0.05) is 13.1 Å². The number of hydrogen-bond donors (Lipinski definition) is 1. The molecule has 2 rings (SSSR count). The molecule has 1 N–H and O–H groups in total. The normalized spacial score (nSPS) is 23.9. The molecule has 2 fully saturated rings. The molecule has 1 aliphatic heterocycles. The van der Waals surface area contributed by atoms with E-state index in [1.807, 2.05) is 0 Å². The van der Waals surface area contributed by atoms with Gasteiger partial charge < -0.3 is 5.32 Å². The first kappa shape index (κ1) is 13.3. The Morgan fingerprint density at radius 2 is 1.82 bits per heavy atom. The minimum atomic E-state index is -3.03. The monoisotopic (exact) mass is 260 g/mol. The average molecular weight is 260 g/mol. The second-order valence-electron chi connectivity index (χ2n) is 5.40. The van der Waals surface area contributed by atoms with Gasteiger partial charge in [-0.05, 0) is 38.3 Å². The number of nitrogens with one attached hydrogen (secondary N) is 1. The van der Waals surface area contributed by atoms with Crippen molar-refractivity contribution >= 4 is 10.0 Å². The lowest BCUT2D eigenvalue weighted by atomic mass is 9.84. The van der Waals surface area contributed by atoms with Gasteiger partial charge >= 0.3 is 0 Å². The summed E-state index contributed by atoms with van der Waals surface area (Å²) >= 11 is 0. The summed E-state index contributed by atoms with van der Waals surface area (Å²) in [6.07, 6.45) is 6.49. The fraction of sp³-hybridized carbons (Fsp3) is 1.00. The van der Waals surface area contributed by atoms with Crippen LogP contribution in [0.4, 0.5) is 0 Å². The van der Waals surface area contributed by atoms with Crippen molar-refractivity contribution < 1.29 is 8.42 Å². The molecule has 0 spiro atoms. The minimum Gasteiger partial charge on any atom is -0.317 e. The third kappa shape index (κ3) is 3.42. The first-order chi connectivity index (χ1) is 8.09. The molecule has 0 atom stereocenters. The lowest BCUT2D eigenvalue weighted by Gasteiger charge is -2.32. The Morgan fingerprint density at radius 3 is 2.35 bits per heavy atom. The Hall–Kier alpha value is -0.130. The summed E-state index contributed by atoms with van der Waals surface area (Å²) in [5, 5.41) is 3.27. The first-order valence-electron chi connectivity index (χ1n) is 6.76. The van der Waals surface area contributed by atoms with Gasteiger partial charge in [0.2, 0.25) is 10.0 Å². The molecule has 5 heteroatoms. The van der Waals surface area contributed by atoms with E-state index in [1.54, 1.807) is 11.4 Å². The summed E-state index contributed by atoms with van der Waals surface area (Å²) in [7, 11) is -1.27. The predicted octanol–water partition coefficient (Wildman–Crippen LogP) is 1.19. The van der Waals surface area contributed by atoms with Crippen LogP contribution in [0.2, 0.25) is 0 Å². The van der Waals surface area contributed by atoms with Crippen LogP contribution in [0.15, 0.2) is 0 Å². The first-order valence-corrected chi connectivity index (χ1v) is 8.37. The highest BCUT2D eigenvalue weighted by molar-refractivity contribution is 7.89. The van der Waals surface area contributed by atoms with Crippen LogP contribution in [0.25, 0.3) is 0 Å². The Labute approximate surface area is 105 Å². The van der Waals surface area contributed by atoms with Crippen LogP contribution in [0.5, 0.6) is 0 Å². The van der Waals surface area contributed by atoms with Gasteiger partial charge in [-0.25, -0.2) is 12.7 Å². The van der Waals surface area contributed by atoms with Crippen LogP contribution in [-0.2, 0) is 10.0 Å². The summed E-state index contributed by atoms with van der Waals surface area (Å²) in [6, 6.07) is 0.211. The molecule has 0 unspecified atom stereocenters. The number of hydrogen-bond acceptors (Lipinski definition) is 3. The fourth-order valence-corrected chi connectivity index (χ4v) is 4.22. The summed E-state index contributed by atoms with van der Waals surface area (Å²) in [5.74, 6) is 1.02. The van der Waals surface area contributed by atoms with Crippen LogP contribution in [-0.4, -0.2) is 44.7 Å². The van der Waals surface area contributed by atoms with Gasteiger partial charge in [0.25, 0.3) is 0 Å². The number of nitrogens with zero attached hydrogens (tertiary/aromatic N) is 1. The molecule has 17 heavy (non-hydrogen) atoms. The van der Waals surface area contributed by atoms with E-state index in [1.165, 1.54) is 19.3 Å². The minimum absolute atomic E-state index is 0.211. The molecule has 4 nitrogen and oxygen atoms in total. The van der Waals surface area contributed by atoms with E-state index in [9.17, 15) is 8.42 Å². The van der Waals surface area contributed by atoms with Gasteiger partial charge in [0.15, 0.2) is 0 Å². The Morgan fingerprint density at radius 1 is 1.18 bits per heavy atom. The van der Waals surface area contributed by atoms with E-state index in [0.29, 0.717) is 11.7 Å². The van der Waals surface area contributed by atoms with Gasteiger partial charge in [-0.15, -0.1) is 0 Å². The highest BCUT2D eigenvalue weighted by atomic mass is 32.2. The SMILES string of the molecule is CN(C1CCNCC1)S(=O)(=O)CCC1CCC1. The van der Waals surface area contributed by atoms with E-state index in [-0.39, 0.29) is 6.04 Å². The topological polar surface area (TPSA) is 49.4 Å². The molecule has 1 saturated heterocycles.